The van der Waals surface area contributed by atoms with Crippen LogP contribution in [0.1, 0.15) is 31.2 Å². The molecule has 0 bridgehead atoms. The molecule has 2 N–H and O–H groups in total. The molecule has 112 valence electrons. The van der Waals surface area contributed by atoms with Gasteiger partial charge in [-0.1, -0.05) is 31.0 Å². The van der Waals surface area contributed by atoms with Crippen LogP contribution >= 0.6 is 0 Å². The summed E-state index contributed by atoms with van der Waals surface area (Å²) < 4.78 is 0. The molecule has 0 spiro atoms. The summed E-state index contributed by atoms with van der Waals surface area (Å²) in [6.45, 7) is 2.94. The molecule has 1 aliphatic rings. The predicted molar refractivity (Wildman–Crippen MR) is 89.7 cm³/mol. The van der Waals surface area contributed by atoms with E-state index in [4.69, 9.17) is 10.7 Å². The highest BCUT2D eigenvalue weighted by atomic mass is 15.2. The molecule has 0 radical (unpaired) electrons. The molecule has 3 nitrogen and oxygen atoms in total. The third-order valence-electron chi connectivity index (χ3n) is 4.89. The molecule has 3 rings (SSSR count). The van der Waals surface area contributed by atoms with Gasteiger partial charge in [0.15, 0.2) is 0 Å². The Bertz CT molecular complexity index is 623. The first kappa shape index (κ1) is 14.3. The zero-order chi connectivity index (χ0) is 14.8. The van der Waals surface area contributed by atoms with Crippen molar-refractivity contribution in [1.82, 2.24) is 4.98 Å². The van der Waals surface area contributed by atoms with E-state index < -0.39 is 0 Å². The summed E-state index contributed by atoms with van der Waals surface area (Å²) in [7, 11) is 2.18. The predicted octanol–water partition coefficient (Wildman–Crippen LogP) is 3.50. The number of hydrogen-bond donors (Lipinski definition) is 1. The molecule has 0 amide bonds. The van der Waals surface area contributed by atoms with Crippen molar-refractivity contribution in [2.75, 3.05) is 18.5 Å². The van der Waals surface area contributed by atoms with Crippen LogP contribution in [0.4, 0.5) is 5.82 Å². The number of nitrogens with two attached hydrogens (primary N) is 1. The zero-order valence-corrected chi connectivity index (χ0v) is 13.0. The number of fused-ring (bicyclic) bond motifs is 1. The quantitative estimate of drug-likeness (QED) is 0.937. The van der Waals surface area contributed by atoms with E-state index in [-0.39, 0.29) is 0 Å². The third kappa shape index (κ3) is 2.75. The lowest BCUT2D eigenvalue weighted by molar-refractivity contribution is 0.305. The van der Waals surface area contributed by atoms with Crippen LogP contribution in [0.25, 0.3) is 10.9 Å². The summed E-state index contributed by atoms with van der Waals surface area (Å²) in [4.78, 5) is 7.28. The molecule has 1 aromatic heterocycles. The highest BCUT2D eigenvalue weighted by Gasteiger charge is 2.28. The molecule has 1 aliphatic carbocycles. The fourth-order valence-corrected chi connectivity index (χ4v) is 3.70. The number of aromatic nitrogens is 1. The molecule has 2 aromatic rings. The van der Waals surface area contributed by atoms with Crippen LogP contribution < -0.4 is 10.6 Å². The van der Waals surface area contributed by atoms with E-state index in [1.165, 1.54) is 36.6 Å². The van der Waals surface area contributed by atoms with Gasteiger partial charge in [0.05, 0.1) is 5.52 Å². The van der Waals surface area contributed by atoms with Crippen molar-refractivity contribution in [2.45, 2.75) is 38.6 Å². The second-order valence-corrected chi connectivity index (χ2v) is 6.28. The van der Waals surface area contributed by atoms with Crippen LogP contribution in [0, 0.1) is 12.8 Å². The molecule has 0 saturated heterocycles. The van der Waals surface area contributed by atoms with E-state index in [0.29, 0.717) is 12.0 Å². The summed E-state index contributed by atoms with van der Waals surface area (Å²) >= 11 is 0. The van der Waals surface area contributed by atoms with Crippen LogP contribution in [0.5, 0.6) is 0 Å². The second kappa shape index (κ2) is 6.02. The minimum Gasteiger partial charge on any atom is -0.356 e. The van der Waals surface area contributed by atoms with Crippen molar-refractivity contribution in [2.24, 2.45) is 11.7 Å². The molecule has 1 heterocycles. The van der Waals surface area contributed by atoms with Gasteiger partial charge in [-0.15, -0.1) is 0 Å². The average Bonchev–Trinajstić information content (AvgIpc) is 2.53. The molecule has 3 heteroatoms. The molecular formula is C18H25N3. The number of pyridine rings is 1. The lowest BCUT2D eigenvalue weighted by Crippen LogP contribution is -2.43. The minimum absolute atomic E-state index is 0.524. The van der Waals surface area contributed by atoms with Crippen molar-refractivity contribution in [3.63, 3.8) is 0 Å². The van der Waals surface area contributed by atoms with Crippen LogP contribution in [0.15, 0.2) is 30.3 Å². The van der Waals surface area contributed by atoms with Gasteiger partial charge >= 0.3 is 0 Å². The molecule has 0 aliphatic heterocycles. The largest absolute Gasteiger partial charge is 0.356 e. The van der Waals surface area contributed by atoms with Crippen LogP contribution in [0.3, 0.4) is 0 Å². The minimum atomic E-state index is 0.524. The maximum Gasteiger partial charge on any atom is 0.132 e. The first-order chi connectivity index (χ1) is 10.2. The van der Waals surface area contributed by atoms with E-state index in [0.717, 1.165) is 17.9 Å². The van der Waals surface area contributed by atoms with Gasteiger partial charge in [-0.2, -0.15) is 0 Å². The Morgan fingerprint density at radius 2 is 2.00 bits per heavy atom. The smallest absolute Gasteiger partial charge is 0.132 e. The topological polar surface area (TPSA) is 42.2 Å². The first-order valence-electron chi connectivity index (χ1n) is 8.00. The van der Waals surface area contributed by atoms with Gasteiger partial charge in [-0.25, -0.2) is 4.98 Å². The molecule has 2 unspecified atom stereocenters. The van der Waals surface area contributed by atoms with Crippen LogP contribution in [0.2, 0.25) is 0 Å². The number of anilines is 1. The Hall–Kier alpha value is -1.61. The monoisotopic (exact) mass is 283 g/mol. The van der Waals surface area contributed by atoms with Crippen LogP contribution in [-0.4, -0.2) is 24.6 Å². The normalized spacial score (nSPS) is 22.4. The second-order valence-electron chi connectivity index (χ2n) is 6.28. The number of aryl methyl sites for hydroxylation is 1. The maximum atomic E-state index is 5.99. The van der Waals surface area contributed by atoms with E-state index in [2.05, 4.69) is 49.2 Å². The van der Waals surface area contributed by atoms with Gasteiger partial charge in [0, 0.05) is 18.5 Å². The van der Waals surface area contributed by atoms with Gasteiger partial charge < -0.3 is 10.6 Å². The third-order valence-corrected chi connectivity index (χ3v) is 4.89. The van der Waals surface area contributed by atoms with Crippen molar-refractivity contribution in [1.29, 1.82) is 0 Å². The number of benzene rings is 1. The lowest BCUT2D eigenvalue weighted by Gasteiger charge is -2.38. The molecule has 1 saturated carbocycles. The van der Waals surface area contributed by atoms with Crippen LogP contribution in [-0.2, 0) is 0 Å². The molecule has 1 fully saturated rings. The Kier molecular flexibility index (Phi) is 4.11. The average molecular weight is 283 g/mol. The van der Waals surface area contributed by atoms with Gasteiger partial charge in [-0.3, -0.25) is 0 Å². The fraction of sp³-hybridized carbons (Fsp3) is 0.500. The van der Waals surface area contributed by atoms with E-state index in [1.807, 2.05) is 0 Å². The number of nitrogens with zero attached hydrogens (tertiary/aromatic N) is 2. The summed E-state index contributed by atoms with van der Waals surface area (Å²) in [6, 6.07) is 11.1. The first-order valence-corrected chi connectivity index (χ1v) is 8.00. The van der Waals surface area contributed by atoms with Gasteiger partial charge in [0.25, 0.3) is 0 Å². The number of para-hydroxylation sites is 1. The Labute approximate surface area is 127 Å². The number of rotatable bonds is 3. The summed E-state index contributed by atoms with van der Waals surface area (Å²) in [5, 5.41) is 1.21. The van der Waals surface area contributed by atoms with Gasteiger partial charge in [-0.05, 0) is 49.9 Å². The summed E-state index contributed by atoms with van der Waals surface area (Å²) in [5.41, 5.74) is 8.31. The van der Waals surface area contributed by atoms with Crippen molar-refractivity contribution in [3.05, 3.63) is 35.9 Å². The van der Waals surface area contributed by atoms with Gasteiger partial charge in [0.2, 0.25) is 0 Å². The van der Waals surface area contributed by atoms with Crippen molar-refractivity contribution in [3.8, 4) is 0 Å². The molecule has 2 atom stereocenters. The molecule has 21 heavy (non-hydrogen) atoms. The zero-order valence-electron chi connectivity index (χ0n) is 13.0. The SMILES string of the molecule is Cc1cc2ccccc2nc1N(C)C1CCCCC1CN. The lowest BCUT2D eigenvalue weighted by atomic mass is 9.83. The summed E-state index contributed by atoms with van der Waals surface area (Å²) in [6.07, 6.45) is 5.10. The standard InChI is InChI=1S/C18H25N3/c1-13-11-14-7-3-5-9-16(14)20-18(13)21(2)17-10-6-4-8-15(17)12-19/h3,5,7,9,11,15,17H,4,6,8,10,12,19H2,1-2H3. The van der Waals surface area contributed by atoms with E-state index in [1.54, 1.807) is 0 Å². The maximum absolute atomic E-state index is 5.99. The molecule has 1 aromatic carbocycles. The van der Waals surface area contributed by atoms with Gasteiger partial charge in [0.1, 0.15) is 5.82 Å². The Morgan fingerprint density at radius 3 is 2.81 bits per heavy atom. The van der Waals surface area contributed by atoms with Crippen molar-refractivity contribution < 1.29 is 0 Å². The highest BCUT2D eigenvalue weighted by Crippen LogP contribution is 2.31. The Balaban J connectivity index is 1.96. The summed E-state index contributed by atoms with van der Waals surface area (Å²) in [5.74, 6) is 1.70. The fourth-order valence-electron chi connectivity index (χ4n) is 3.70. The Morgan fingerprint density at radius 1 is 1.24 bits per heavy atom. The van der Waals surface area contributed by atoms with E-state index in [9.17, 15) is 0 Å². The number of hydrogen-bond acceptors (Lipinski definition) is 3. The molecular weight excluding hydrogens is 258 g/mol. The highest BCUT2D eigenvalue weighted by molar-refractivity contribution is 5.81. The van der Waals surface area contributed by atoms with E-state index >= 15 is 0 Å². The van der Waals surface area contributed by atoms with Crippen molar-refractivity contribution >= 4 is 16.7 Å².